The van der Waals surface area contributed by atoms with Crippen LogP contribution in [0.3, 0.4) is 0 Å². The predicted octanol–water partition coefficient (Wildman–Crippen LogP) is -0.469. The van der Waals surface area contributed by atoms with Crippen molar-refractivity contribution < 1.29 is 12.9 Å². The molecule has 1 aromatic rings. The van der Waals surface area contributed by atoms with E-state index in [0.717, 1.165) is 13.0 Å². The molecule has 1 heterocycles. The van der Waals surface area contributed by atoms with Gasteiger partial charge in [0.25, 0.3) is 0 Å². The van der Waals surface area contributed by atoms with Crippen LogP contribution in [0.1, 0.15) is 18.7 Å². The highest BCUT2D eigenvalue weighted by Crippen LogP contribution is 1.95. The standard InChI is InChI=1S/C9H18N4O3S/c1-10-5-2-3-7-17(14,15)12-6-4-9-11-8-16-13-9/h8,10,12H,2-7H2,1H3. The van der Waals surface area contributed by atoms with Crippen LogP contribution in [-0.4, -0.2) is 44.4 Å². The van der Waals surface area contributed by atoms with Crippen LogP contribution >= 0.6 is 0 Å². The van der Waals surface area contributed by atoms with Gasteiger partial charge in [0.2, 0.25) is 16.4 Å². The van der Waals surface area contributed by atoms with Gasteiger partial charge in [-0.3, -0.25) is 0 Å². The molecule has 98 valence electrons. The number of nitrogens with zero attached hydrogens (tertiary/aromatic N) is 2. The fourth-order valence-electron chi connectivity index (χ4n) is 1.29. The lowest BCUT2D eigenvalue weighted by Gasteiger charge is -2.05. The summed E-state index contributed by atoms with van der Waals surface area (Å²) in [4.78, 5) is 3.80. The Hall–Kier alpha value is -0.990. The quantitative estimate of drug-likeness (QED) is 0.584. The van der Waals surface area contributed by atoms with E-state index in [9.17, 15) is 8.42 Å². The Bertz CT molecular complexity index is 390. The number of unbranched alkanes of at least 4 members (excludes halogenated alkanes) is 1. The third kappa shape index (κ3) is 6.35. The summed E-state index contributed by atoms with van der Waals surface area (Å²) in [5.74, 6) is 0.656. The largest absolute Gasteiger partial charge is 0.343 e. The molecule has 0 spiro atoms. The van der Waals surface area contributed by atoms with Crippen LogP contribution in [0.25, 0.3) is 0 Å². The van der Waals surface area contributed by atoms with Crippen LogP contribution in [-0.2, 0) is 16.4 Å². The monoisotopic (exact) mass is 262 g/mol. The molecule has 0 unspecified atom stereocenters. The van der Waals surface area contributed by atoms with Crippen LogP contribution in [0.15, 0.2) is 10.9 Å². The van der Waals surface area contributed by atoms with Crippen molar-refractivity contribution in [2.45, 2.75) is 19.3 Å². The molecule has 17 heavy (non-hydrogen) atoms. The second-order valence-corrected chi connectivity index (χ2v) is 5.55. The summed E-state index contributed by atoms with van der Waals surface area (Å²) < 4.78 is 30.1. The zero-order chi connectivity index (χ0) is 12.6. The van der Waals surface area contributed by atoms with Crippen molar-refractivity contribution in [2.24, 2.45) is 0 Å². The highest BCUT2D eigenvalue weighted by Gasteiger charge is 2.09. The number of sulfonamides is 1. The van der Waals surface area contributed by atoms with Crippen molar-refractivity contribution in [1.82, 2.24) is 20.2 Å². The molecule has 0 aromatic carbocycles. The van der Waals surface area contributed by atoms with Crippen LogP contribution in [0.2, 0.25) is 0 Å². The number of rotatable bonds is 9. The molecule has 0 aliphatic carbocycles. The second kappa shape index (κ2) is 7.36. The van der Waals surface area contributed by atoms with Gasteiger partial charge in [0.15, 0.2) is 5.82 Å². The fraction of sp³-hybridized carbons (Fsp3) is 0.778. The van der Waals surface area contributed by atoms with E-state index in [-0.39, 0.29) is 5.75 Å². The van der Waals surface area contributed by atoms with Crippen molar-refractivity contribution in [3.8, 4) is 0 Å². The van der Waals surface area contributed by atoms with Crippen molar-refractivity contribution in [3.63, 3.8) is 0 Å². The van der Waals surface area contributed by atoms with Crippen molar-refractivity contribution in [2.75, 3.05) is 25.9 Å². The molecule has 1 aromatic heterocycles. The Kier molecular flexibility index (Phi) is 6.09. The Morgan fingerprint density at radius 3 is 2.82 bits per heavy atom. The lowest BCUT2D eigenvalue weighted by Crippen LogP contribution is -2.28. The number of aromatic nitrogens is 2. The molecular formula is C9H18N4O3S. The molecule has 0 aliphatic rings. The number of hydrogen-bond acceptors (Lipinski definition) is 6. The van der Waals surface area contributed by atoms with E-state index in [1.807, 2.05) is 7.05 Å². The van der Waals surface area contributed by atoms with Crippen LogP contribution in [0.5, 0.6) is 0 Å². The first-order valence-corrected chi connectivity index (χ1v) is 7.16. The van der Waals surface area contributed by atoms with Gasteiger partial charge in [0.05, 0.1) is 5.75 Å². The summed E-state index contributed by atoms with van der Waals surface area (Å²) >= 11 is 0. The van der Waals surface area contributed by atoms with Crippen molar-refractivity contribution >= 4 is 10.0 Å². The molecule has 7 nitrogen and oxygen atoms in total. The van der Waals surface area contributed by atoms with Gasteiger partial charge in [-0.25, -0.2) is 13.1 Å². The first kappa shape index (κ1) is 14.1. The van der Waals surface area contributed by atoms with Gasteiger partial charge < -0.3 is 9.84 Å². The van der Waals surface area contributed by atoms with Gasteiger partial charge in [0, 0.05) is 13.0 Å². The maximum absolute atomic E-state index is 11.5. The third-order valence-electron chi connectivity index (χ3n) is 2.17. The Morgan fingerprint density at radius 1 is 1.35 bits per heavy atom. The molecule has 0 saturated carbocycles. The maximum Gasteiger partial charge on any atom is 0.213 e. The summed E-state index contributed by atoms with van der Waals surface area (Å²) in [5.41, 5.74) is 0. The van der Waals surface area contributed by atoms with E-state index in [1.54, 1.807) is 0 Å². The first-order valence-electron chi connectivity index (χ1n) is 5.51. The van der Waals surface area contributed by atoms with E-state index < -0.39 is 10.0 Å². The maximum atomic E-state index is 11.5. The average molecular weight is 262 g/mol. The Morgan fingerprint density at radius 2 is 2.18 bits per heavy atom. The van der Waals surface area contributed by atoms with Crippen LogP contribution in [0.4, 0.5) is 0 Å². The summed E-state index contributed by atoms with van der Waals surface area (Å²) in [5, 5.41) is 6.57. The van der Waals surface area contributed by atoms with Gasteiger partial charge in [-0.1, -0.05) is 5.16 Å². The molecule has 2 N–H and O–H groups in total. The van der Waals surface area contributed by atoms with Crippen molar-refractivity contribution in [1.29, 1.82) is 0 Å². The topological polar surface area (TPSA) is 97.1 Å². The number of nitrogens with one attached hydrogen (secondary N) is 2. The van der Waals surface area contributed by atoms with Gasteiger partial charge >= 0.3 is 0 Å². The van der Waals surface area contributed by atoms with Gasteiger partial charge in [-0.2, -0.15) is 4.98 Å². The number of hydrogen-bond donors (Lipinski definition) is 2. The summed E-state index contributed by atoms with van der Waals surface area (Å²) in [7, 11) is -1.33. The van der Waals surface area contributed by atoms with Gasteiger partial charge in [0.1, 0.15) is 0 Å². The normalized spacial score (nSPS) is 11.8. The fourth-order valence-corrected chi connectivity index (χ4v) is 2.43. The molecule has 0 radical (unpaired) electrons. The molecule has 8 heteroatoms. The van der Waals surface area contributed by atoms with E-state index in [1.165, 1.54) is 6.39 Å². The van der Waals surface area contributed by atoms with Crippen LogP contribution in [0, 0.1) is 0 Å². The minimum atomic E-state index is -3.18. The van der Waals surface area contributed by atoms with E-state index in [0.29, 0.717) is 25.2 Å². The predicted molar refractivity (Wildman–Crippen MR) is 63.0 cm³/mol. The highest BCUT2D eigenvalue weighted by atomic mass is 32.2. The van der Waals surface area contributed by atoms with E-state index in [2.05, 4.69) is 24.7 Å². The molecule has 0 amide bonds. The van der Waals surface area contributed by atoms with Crippen LogP contribution < -0.4 is 10.0 Å². The molecule has 0 bridgehead atoms. The third-order valence-corrected chi connectivity index (χ3v) is 3.64. The highest BCUT2D eigenvalue weighted by molar-refractivity contribution is 7.89. The molecule has 0 aliphatic heterocycles. The molecule has 1 rings (SSSR count). The van der Waals surface area contributed by atoms with E-state index >= 15 is 0 Å². The lowest BCUT2D eigenvalue weighted by molar-refractivity contribution is 0.409. The summed E-state index contributed by atoms with van der Waals surface area (Å²) in [6.45, 7) is 1.13. The smallest absolute Gasteiger partial charge is 0.213 e. The summed E-state index contributed by atoms with van der Waals surface area (Å²) in [6.07, 6.45) is 3.16. The second-order valence-electron chi connectivity index (χ2n) is 3.62. The van der Waals surface area contributed by atoms with E-state index in [4.69, 9.17) is 0 Å². The molecule has 0 fully saturated rings. The summed E-state index contributed by atoms with van der Waals surface area (Å²) in [6, 6.07) is 0. The Balaban J connectivity index is 2.16. The zero-order valence-electron chi connectivity index (χ0n) is 9.85. The lowest BCUT2D eigenvalue weighted by atomic mass is 10.3. The average Bonchev–Trinajstić information content (AvgIpc) is 2.77. The Labute approximate surface area is 101 Å². The molecule has 0 saturated heterocycles. The van der Waals surface area contributed by atoms with Crippen molar-refractivity contribution in [3.05, 3.63) is 12.2 Å². The first-order chi connectivity index (χ1) is 8.14. The minimum absolute atomic E-state index is 0.154. The van der Waals surface area contributed by atoms with Gasteiger partial charge in [-0.05, 0) is 26.4 Å². The SMILES string of the molecule is CNCCCCS(=O)(=O)NCCc1ncon1. The molecular weight excluding hydrogens is 244 g/mol. The minimum Gasteiger partial charge on any atom is -0.343 e. The molecule has 0 atom stereocenters. The van der Waals surface area contributed by atoms with Gasteiger partial charge in [-0.15, -0.1) is 0 Å². The zero-order valence-corrected chi connectivity index (χ0v) is 10.7.